The lowest BCUT2D eigenvalue weighted by Gasteiger charge is -2.33. The first-order valence-electron chi connectivity index (χ1n) is 8.89. The van der Waals surface area contributed by atoms with E-state index in [1.807, 2.05) is 19.9 Å². The lowest BCUT2D eigenvalue weighted by Crippen LogP contribution is -2.40. The van der Waals surface area contributed by atoms with Gasteiger partial charge in [0.1, 0.15) is 11.4 Å². The smallest absolute Gasteiger partial charge is 0.408 e. The van der Waals surface area contributed by atoms with Crippen molar-refractivity contribution in [1.29, 1.82) is 0 Å². The molecular weight excluding hydrogens is 423 g/mol. The molecule has 1 aromatic rings. The average molecular weight is 451 g/mol. The van der Waals surface area contributed by atoms with Gasteiger partial charge < -0.3 is 23.4 Å². The Morgan fingerprint density at radius 3 is 2.61 bits per heavy atom. The van der Waals surface area contributed by atoms with Crippen LogP contribution in [0.3, 0.4) is 0 Å². The van der Waals surface area contributed by atoms with E-state index >= 15 is 0 Å². The van der Waals surface area contributed by atoms with Crippen LogP contribution in [0.1, 0.15) is 44.2 Å². The Balaban J connectivity index is 2.44. The molecule has 0 bridgehead atoms. The highest BCUT2D eigenvalue weighted by Crippen LogP contribution is 2.55. The van der Waals surface area contributed by atoms with Gasteiger partial charge in [-0.3, -0.25) is 5.32 Å². The summed E-state index contributed by atoms with van der Waals surface area (Å²) in [6, 6.07) is 5.42. The van der Waals surface area contributed by atoms with E-state index in [0.29, 0.717) is 17.7 Å². The third-order valence-electron chi connectivity index (χ3n) is 4.05. The molecule has 1 aromatic carbocycles. The molecule has 0 aromatic heterocycles. The third-order valence-corrected chi connectivity index (χ3v) is 10.0. The van der Waals surface area contributed by atoms with E-state index in [2.05, 4.69) is 5.32 Å². The predicted octanol–water partition coefficient (Wildman–Crippen LogP) is 3.56. The summed E-state index contributed by atoms with van der Waals surface area (Å²) in [6.07, 6.45) is -0.628. The van der Waals surface area contributed by atoms with Gasteiger partial charge in [-0.2, -0.15) is 0 Å². The monoisotopic (exact) mass is 450 g/mol. The molecule has 2 atom stereocenters. The molecule has 2 N–H and O–H groups in total. The van der Waals surface area contributed by atoms with Crippen LogP contribution in [0.15, 0.2) is 18.2 Å². The van der Waals surface area contributed by atoms with Gasteiger partial charge in [0, 0.05) is 13.5 Å². The molecule has 2 rings (SSSR count). The summed E-state index contributed by atoms with van der Waals surface area (Å²) in [5.74, 6) is 0.550. The van der Waals surface area contributed by atoms with E-state index in [4.69, 9.17) is 25.6 Å². The maximum Gasteiger partial charge on any atom is 0.408 e. The summed E-state index contributed by atoms with van der Waals surface area (Å²) in [6.45, 7) is 4.97. The van der Waals surface area contributed by atoms with Gasteiger partial charge >= 0.3 is 12.7 Å². The maximum atomic E-state index is 13.4. The number of nitrogens with one attached hydrogen (secondary N) is 1. The fourth-order valence-electron chi connectivity index (χ4n) is 2.97. The minimum Gasteiger partial charge on any atom is -0.596 e. The first-order chi connectivity index (χ1) is 13.0. The fourth-order valence-corrected chi connectivity index (χ4v) is 7.51. The first kappa shape index (κ1) is 23.4. The van der Waals surface area contributed by atoms with Gasteiger partial charge in [-0.15, -0.1) is 0 Å². The molecule has 1 aliphatic rings. The molecule has 1 amide bonds. The SMILES string of the molecule is CCOP(=S)(OCC)N(C)[S+]([O-])C(NC(=O)O)c1cccc2c1OC(C)(C)C2. The van der Waals surface area contributed by atoms with E-state index in [0.717, 1.165) is 5.56 Å². The number of amides is 1. The van der Waals surface area contributed by atoms with E-state index in [1.165, 1.54) is 11.1 Å². The normalized spacial score (nSPS) is 17.7. The van der Waals surface area contributed by atoms with E-state index in [1.54, 1.807) is 26.0 Å². The van der Waals surface area contributed by atoms with Crippen molar-refractivity contribution >= 4 is 35.9 Å². The quantitative estimate of drug-likeness (QED) is 0.435. The number of benzene rings is 1. The molecule has 0 radical (unpaired) electrons. The third kappa shape index (κ3) is 5.18. The summed E-state index contributed by atoms with van der Waals surface area (Å²) in [7, 11) is 1.52. The van der Waals surface area contributed by atoms with E-state index in [9.17, 15) is 14.5 Å². The number of hydrogen-bond acceptors (Lipinski definition) is 6. The minimum atomic E-state index is -3.04. The molecule has 0 fully saturated rings. The van der Waals surface area contributed by atoms with Crippen LogP contribution in [-0.4, -0.2) is 45.7 Å². The van der Waals surface area contributed by atoms with Crippen LogP contribution in [0.2, 0.25) is 0 Å². The van der Waals surface area contributed by atoms with Gasteiger partial charge in [0.25, 0.3) is 0 Å². The van der Waals surface area contributed by atoms with Crippen molar-refractivity contribution in [2.75, 3.05) is 20.3 Å². The largest absolute Gasteiger partial charge is 0.596 e. The number of carbonyl (C=O) groups is 1. The van der Waals surface area contributed by atoms with Gasteiger partial charge in [0.2, 0.25) is 5.37 Å². The van der Waals surface area contributed by atoms with Crippen molar-refractivity contribution in [2.45, 2.75) is 45.1 Å². The Morgan fingerprint density at radius 2 is 2.07 bits per heavy atom. The molecule has 1 heterocycles. The Morgan fingerprint density at radius 1 is 1.46 bits per heavy atom. The summed E-state index contributed by atoms with van der Waals surface area (Å²) in [5.41, 5.74) is 1.00. The topological polar surface area (TPSA) is 103 Å². The van der Waals surface area contributed by atoms with Crippen LogP contribution >= 0.6 is 6.64 Å². The molecule has 11 heteroatoms. The Labute approximate surface area is 174 Å². The van der Waals surface area contributed by atoms with Crippen molar-refractivity contribution in [3.8, 4) is 5.75 Å². The van der Waals surface area contributed by atoms with Gasteiger partial charge in [0.15, 0.2) is 0 Å². The van der Waals surface area contributed by atoms with Crippen molar-refractivity contribution in [3.63, 3.8) is 0 Å². The number of ether oxygens (including phenoxy) is 1. The molecule has 158 valence electrons. The number of fused-ring (bicyclic) bond motifs is 1. The van der Waals surface area contributed by atoms with Crippen LogP contribution in [0.25, 0.3) is 0 Å². The number of rotatable bonds is 9. The first-order valence-corrected chi connectivity index (χ1v) is 12.6. The molecule has 8 nitrogen and oxygen atoms in total. The van der Waals surface area contributed by atoms with E-state index < -0.39 is 35.1 Å². The predicted molar refractivity (Wildman–Crippen MR) is 112 cm³/mol. The van der Waals surface area contributed by atoms with Crippen molar-refractivity contribution in [3.05, 3.63) is 29.3 Å². The summed E-state index contributed by atoms with van der Waals surface area (Å²) in [5, 5.41) is 10.6. The molecule has 0 spiro atoms. The van der Waals surface area contributed by atoms with Crippen LogP contribution in [0.4, 0.5) is 4.79 Å². The van der Waals surface area contributed by atoms with Gasteiger partial charge in [-0.25, -0.2) is 4.79 Å². The minimum absolute atomic E-state index is 0.286. The zero-order chi connectivity index (χ0) is 21.1. The molecule has 1 aliphatic heterocycles. The number of para-hydroxylation sites is 1. The Hall–Kier alpha value is -0.870. The van der Waals surface area contributed by atoms with Crippen molar-refractivity contribution in [2.24, 2.45) is 0 Å². The highest BCUT2D eigenvalue weighted by Gasteiger charge is 2.43. The second-order valence-corrected chi connectivity index (χ2v) is 12.0. The average Bonchev–Trinajstić information content (AvgIpc) is 2.92. The van der Waals surface area contributed by atoms with Crippen LogP contribution in [0.5, 0.6) is 5.75 Å². The summed E-state index contributed by atoms with van der Waals surface area (Å²) in [4.78, 5) is 11.5. The van der Waals surface area contributed by atoms with Gasteiger partial charge in [-0.1, -0.05) is 12.1 Å². The van der Waals surface area contributed by atoms with Gasteiger partial charge in [-0.05, 0) is 55.2 Å². The summed E-state index contributed by atoms with van der Waals surface area (Å²) < 4.78 is 31.9. The second-order valence-electron chi connectivity index (χ2n) is 6.75. The highest BCUT2D eigenvalue weighted by atomic mass is 32.5. The number of hydrogen-bond donors (Lipinski definition) is 2. The number of nitrogens with zero attached hydrogens (tertiary/aromatic N) is 1. The highest BCUT2D eigenvalue weighted by molar-refractivity contribution is 8.13. The molecule has 28 heavy (non-hydrogen) atoms. The van der Waals surface area contributed by atoms with Gasteiger partial charge in [0.05, 0.1) is 30.1 Å². The van der Waals surface area contributed by atoms with Crippen LogP contribution in [-0.2, 0) is 38.6 Å². The molecule has 0 saturated carbocycles. The Bertz CT molecular complexity index is 753. The van der Waals surface area contributed by atoms with Crippen molar-refractivity contribution < 1.29 is 28.2 Å². The zero-order valence-corrected chi connectivity index (χ0v) is 19.2. The lowest BCUT2D eigenvalue weighted by molar-refractivity contribution is 0.137. The molecule has 2 unspecified atom stereocenters. The molecule has 0 saturated heterocycles. The zero-order valence-electron chi connectivity index (χ0n) is 16.6. The number of carboxylic acid groups (broad SMARTS) is 1. The molecule has 0 aliphatic carbocycles. The van der Waals surface area contributed by atoms with Crippen molar-refractivity contribution in [1.82, 2.24) is 9.39 Å². The van der Waals surface area contributed by atoms with E-state index in [-0.39, 0.29) is 13.2 Å². The summed E-state index contributed by atoms with van der Waals surface area (Å²) >= 11 is 3.60. The maximum absolute atomic E-state index is 13.4. The lowest BCUT2D eigenvalue weighted by atomic mass is 10.0. The second kappa shape index (κ2) is 9.30. The van der Waals surface area contributed by atoms with Crippen LogP contribution < -0.4 is 10.1 Å². The molecular formula is C17H27N2O6PS2. The standard InChI is InChI=1S/C17H27N2O6PS2/c1-6-23-26(27,24-7-2)19(5)28(22)15(18-16(20)21)13-10-8-9-12-11-17(3,4)25-14(12)13/h8-10,15,18H,6-7,11H2,1-5H3,(H,20,21). The van der Waals surface area contributed by atoms with Crippen LogP contribution in [0, 0.1) is 0 Å². The Kier molecular flexibility index (Phi) is 7.77. The fraction of sp³-hybridized carbons (Fsp3) is 0.588.